The molecular formula is C18H23N5O3S. The van der Waals surface area contributed by atoms with E-state index in [-0.39, 0.29) is 23.0 Å². The van der Waals surface area contributed by atoms with Crippen molar-refractivity contribution in [2.45, 2.75) is 31.3 Å². The number of nitrogens with zero attached hydrogens (tertiary/aromatic N) is 4. The molecule has 2 amide bonds. The molecule has 144 valence electrons. The average Bonchev–Trinajstić information content (AvgIpc) is 3.45. The summed E-state index contributed by atoms with van der Waals surface area (Å²) in [6.45, 7) is 4.90. The Labute approximate surface area is 161 Å². The molecule has 2 saturated heterocycles. The van der Waals surface area contributed by atoms with Crippen LogP contribution in [-0.4, -0.2) is 68.7 Å². The lowest BCUT2D eigenvalue weighted by Crippen LogP contribution is -2.39. The van der Waals surface area contributed by atoms with Crippen molar-refractivity contribution in [2.75, 3.05) is 31.9 Å². The number of likely N-dealkylation sites (tertiary alicyclic amines) is 2. The van der Waals surface area contributed by atoms with Crippen LogP contribution in [0.3, 0.4) is 0 Å². The summed E-state index contributed by atoms with van der Waals surface area (Å²) in [6, 6.07) is 3.58. The highest BCUT2D eigenvalue weighted by Crippen LogP contribution is 2.40. The first kappa shape index (κ1) is 18.1. The minimum absolute atomic E-state index is 0.0305. The van der Waals surface area contributed by atoms with E-state index in [9.17, 15) is 9.59 Å². The molecule has 1 atom stereocenters. The van der Waals surface area contributed by atoms with Gasteiger partial charge in [0.2, 0.25) is 17.0 Å². The Hall–Kier alpha value is -2.29. The summed E-state index contributed by atoms with van der Waals surface area (Å²) in [5, 5.41) is 7.44. The zero-order valence-electron chi connectivity index (χ0n) is 15.3. The van der Waals surface area contributed by atoms with Crippen molar-refractivity contribution in [3.05, 3.63) is 18.4 Å². The van der Waals surface area contributed by atoms with Crippen LogP contribution in [0.4, 0.5) is 0 Å². The quantitative estimate of drug-likeness (QED) is 0.760. The second-order valence-corrected chi connectivity index (χ2v) is 8.06. The molecule has 9 heteroatoms. The lowest BCUT2D eigenvalue weighted by Gasteiger charge is -2.23. The molecule has 27 heavy (non-hydrogen) atoms. The summed E-state index contributed by atoms with van der Waals surface area (Å²) >= 11 is 1.29. The van der Waals surface area contributed by atoms with Gasteiger partial charge in [-0.25, -0.2) is 0 Å². The molecule has 0 bridgehead atoms. The summed E-state index contributed by atoms with van der Waals surface area (Å²) in [5.41, 5.74) is -0.355. The number of hydrogen-bond acceptors (Lipinski definition) is 6. The molecule has 1 unspecified atom stereocenters. The number of thioether (sulfide) groups is 1. The number of hydrogen-bond donors (Lipinski definition) is 1. The van der Waals surface area contributed by atoms with Crippen LogP contribution in [0.15, 0.2) is 28.0 Å². The van der Waals surface area contributed by atoms with E-state index in [1.54, 1.807) is 18.4 Å². The molecule has 4 heterocycles. The van der Waals surface area contributed by atoms with E-state index < -0.39 is 0 Å². The van der Waals surface area contributed by atoms with E-state index in [4.69, 9.17) is 4.42 Å². The highest BCUT2D eigenvalue weighted by atomic mass is 32.2. The summed E-state index contributed by atoms with van der Waals surface area (Å²) < 4.78 is 5.28. The second kappa shape index (κ2) is 7.38. The van der Waals surface area contributed by atoms with Crippen LogP contribution in [-0.2, 0) is 9.59 Å². The van der Waals surface area contributed by atoms with Crippen molar-refractivity contribution < 1.29 is 14.0 Å². The molecule has 2 aromatic rings. The minimum atomic E-state index is -0.355. The van der Waals surface area contributed by atoms with Crippen LogP contribution in [0.5, 0.6) is 0 Å². The van der Waals surface area contributed by atoms with Gasteiger partial charge in [0.1, 0.15) is 0 Å². The first-order valence-electron chi connectivity index (χ1n) is 9.27. The van der Waals surface area contributed by atoms with Crippen molar-refractivity contribution in [1.29, 1.82) is 0 Å². The number of rotatable bonds is 6. The van der Waals surface area contributed by atoms with E-state index >= 15 is 0 Å². The summed E-state index contributed by atoms with van der Waals surface area (Å²) in [5.74, 6) is 1.67. The maximum atomic E-state index is 12.7. The number of nitrogens with one attached hydrogen (secondary N) is 1. The molecule has 8 nitrogen and oxygen atoms in total. The van der Waals surface area contributed by atoms with Crippen molar-refractivity contribution in [1.82, 2.24) is 25.0 Å². The van der Waals surface area contributed by atoms with Gasteiger partial charge in [0.05, 0.1) is 17.4 Å². The van der Waals surface area contributed by atoms with Gasteiger partial charge in [-0.05, 0) is 31.4 Å². The maximum Gasteiger partial charge on any atom is 0.233 e. The third-order valence-corrected chi connectivity index (χ3v) is 6.18. The highest BCUT2D eigenvalue weighted by molar-refractivity contribution is 7.99. The number of H-pyrrole nitrogens is 1. The molecular weight excluding hydrogens is 366 g/mol. The number of aromatic nitrogens is 3. The van der Waals surface area contributed by atoms with Gasteiger partial charge < -0.3 is 14.2 Å². The maximum absolute atomic E-state index is 12.7. The number of carbonyl (C=O) groups is 2. The van der Waals surface area contributed by atoms with Gasteiger partial charge in [-0.3, -0.25) is 14.7 Å². The van der Waals surface area contributed by atoms with Gasteiger partial charge in [0.15, 0.2) is 11.6 Å². The Kier molecular flexibility index (Phi) is 4.94. The standard InChI is InChI=1S/C18H23N5O3S/c1-2-7-22-8-5-18(16(22)25)6-9-23(12-18)14(24)11-27-17-19-15(20-21-17)13-4-3-10-26-13/h3-4,10H,2,5-9,11-12H2,1H3,(H,19,20,21). The van der Waals surface area contributed by atoms with E-state index in [1.165, 1.54) is 11.8 Å². The molecule has 0 saturated carbocycles. The lowest BCUT2D eigenvalue weighted by atomic mass is 9.85. The van der Waals surface area contributed by atoms with Crippen LogP contribution in [0.2, 0.25) is 0 Å². The second-order valence-electron chi connectivity index (χ2n) is 7.12. The Morgan fingerprint density at radius 1 is 1.41 bits per heavy atom. The molecule has 2 aliphatic rings. The third-order valence-electron chi connectivity index (χ3n) is 5.35. The Balaban J connectivity index is 1.32. The number of amides is 2. The topological polar surface area (TPSA) is 95.3 Å². The fourth-order valence-electron chi connectivity index (χ4n) is 3.89. The molecule has 1 spiro atoms. The van der Waals surface area contributed by atoms with E-state index in [0.717, 1.165) is 32.4 Å². The molecule has 0 aromatic carbocycles. The molecule has 2 fully saturated rings. The molecule has 0 aliphatic carbocycles. The lowest BCUT2D eigenvalue weighted by molar-refractivity contribution is -0.136. The van der Waals surface area contributed by atoms with E-state index in [2.05, 4.69) is 22.1 Å². The summed E-state index contributed by atoms with van der Waals surface area (Å²) in [4.78, 5) is 33.4. The van der Waals surface area contributed by atoms with Gasteiger partial charge in [-0.15, -0.1) is 5.10 Å². The molecule has 4 rings (SSSR count). The number of carbonyl (C=O) groups excluding carboxylic acids is 2. The highest BCUT2D eigenvalue weighted by Gasteiger charge is 2.51. The molecule has 0 radical (unpaired) electrons. The number of aromatic amines is 1. The van der Waals surface area contributed by atoms with Gasteiger partial charge in [0.25, 0.3) is 0 Å². The van der Waals surface area contributed by atoms with Gasteiger partial charge in [0, 0.05) is 26.2 Å². The predicted molar refractivity (Wildman–Crippen MR) is 99.9 cm³/mol. The number of furan rings is 1. The zero-order chi connectivity index (χ0) is 18.9. The fraction of sp³-hybridized carbons (Fsp3) is 0.556. The largest absolute Gasteiger partial charge is 0.461 e. The Bertz CT molecular complexity index is 821. The minimum Gasteiger partial charge on any atom is -0.461 e. The smallest absolute Gasteiger partial charge is 0.233 e. The first-order chi connectivity index (χ1) is 13.1. The Morgan fingerprint density at radius 2 is 2.26 bits per heavy atom. The summed E-state index contributed by atoms with van der Waals surface area (Å²) in [6.07, 6.45) is 4.17. The van der Waals surface area contributed by atoms with E-state index in [0.29, 0.717) is 29.8 Å². The Morgan fingerprint density at radius 3 is 3.04 bits per heavy atom. The molecule has 2 aromatic heterocycles. The normalized spacial score (nSPS) is 22.3. The fourth-order valence-corrected chi connectivity index (χ4v) is 4.59. The molecule has 1 N–H and O–H groups in total. The van der Waals surface area contributed by atoms with Crippen molar-refractivity contribution in [3.8, 4) is 11.6 Å². The predicted octanol–water partition coefficient (Wildman–Crippen LogP) is 2.02. The van der Waals surface area contributed by atoms with Crippen LogP contribution in [0.25, 0.3) is 11.6 Å². The van der Waals surface area contributed by atoms with Crippen LogP contribution in [0.1, 0.15) is 26.2 Å². The van der Waals surface area contributed by atoms with Crippen molar-refractivity contribution >= 4 is 23.6 Å². The van der Waals surface area contributed by atoms with E-state index in [1.807, 2.05) is 9.80 Å². The van der Waals surface area contributed by atoms with Crippen LogP contribution < -0.4 is 0 Å². The average molecular weight is 389 g/mol. The molecule has 2 aliphatic heterocycles. The first-order valence-corrected chi connectivity index (χ1v) is 10.3. The SMILES string of the molecule is CCCN1CCC2(CCN(C(=O)CSc3n[nH]c(-c4ccco4)n3)C2)C1=O. The van der Waals surface area contributed by atoms with Crippen molar-refractivity contribution in [2.24, 2.45) is 5.41 Å². The van der Waals surface area contributed by atoms with Gasteiger partial charge in [-0.1, -0.05) is 18.7 Å². The third kappa shape index (κ3) is 3.47. The summed E-state index contributed by atoms with van der Waals surface area (Å²) in [7, 11) is 0. The van der Waals surface area contributed by atoms with Gasteiger partial charge >= 0.3 is 0 Å². The van der Waals surface area contributed by atoms with Gasteiger partial charge in [-0.2, -0.15) is 4.98 Å². The van der Waals surface area contributed by atoms with Crippen LogP contribution >= 0.6 is 11.8 Å². The van der Waals surface area contributed by atoms with Crippen molar-refractivity contribution in [3.63, 3.8) is 0 Å². The monoisotopic (exact) mass is 389 g/mol. The van der Waals surface area contributed by atoms with Crippen LogP contribution in [0, 0.1) is 5.41 Å². The zero-order valence-corrected chi connectivity index (χ0v) is 16.1.